The van der Waals surface area contributed by atoms with Gasteiger partial charge in [0.1, 0.15) is 0 Å². The molecular formula is C24H28N4O4. The molecule has 168 valence electrons. The van der Waals surface area contributed by atoms with Crippen LogP contribution in [-0.4, -0.2) is 68.5 Å². The van der Waals surface area contributed by atoms with Crippen LogP contribution in [-0.2, 0) is 6.42 Å². The summed E-state index contributed by atoms with van der Waals surface area (Å²) in [6.07, 6.45) is -0.0134. The number of aliphatic hydroxyl groups is 1. The zero-order valence-corrected chi connectivity index (χ0v) is 18.1. The molecule has 0 saturated carbocycles. The summed E-state index contributed by atoms with van der Waals surface area (Å²) in [5.74, 6) is 0.953. The van der Waals surface area contributed by atoms with Gasteiger partial charge in [-0.25, -0.2) is 4.79 Å². The molecule has 1 aromatic heterocycles. The molecule has 2 heterocycles. The molecule has 4 rings (SSSR count). The minimum Gasteiger partial charge on any atom is -0.465 e. The lowest BCUT2D eigenvalue weighted by molar-refractivity contribution is 0.107. The van der Waals surface area contributed by atoms with Crippen LogP contribution in [0.1, 0.15) is 29.5 Å². The van der Waals surface area contributed by atoms with Crippen LogP contribution in [0.5, 0.6) is 0 Å². The number of carboxylic acid groups (broad SMARTS) is 1. The molecule has 1 fully saturated rings. The standard InChI is InChI=1S/C24H28N4O4/c1-17-25-23(26-32-17)20-9-5-8-19(14-20)22(16-27-12-11-21(29)15-27)28(24(30)31)13-10-18-6-3-2-4-7-18/h2-9,14,21-22,29H,10-13,15-16H2,1H3,(H,30,31)/t21-,22+/m0/s1. The molecule has 1 amide bonds. The van der Waals surface area contributed by atoms with Gasteiger partial charge in [0.05, 0.1) is 12.1 Å². The van der Waals surface area contributed by atoms with Gasteiger partial charge < -0.3 is 14.7 Å². The van der Waals surface area contributed by atoms with Crippen molar-refractivity contribution >= 4 is 6.09 Å². The van der Waals surface area contributed by atoms with Crippen molar-refractivity contribution in [3.8, 4) is 11.4 Å². The average molecular weight is 437 g/mol. The second-order valence-electron chi connectivity index (χ2n) is 8.19. The number of likely N-dealkylation sites (tertiary alicyclic amines) is 1. The highest BCUT2D eigenvalue weighted by atomic mass is 16.5. The number of hydrogen-bond acceptors (Lipinski definition) is 6. The Morgan fingerprint density at radius 3 is 2.72 bits per heavy atom. The molecule has 0 bridgehead atoms. The van der Waals surface area contributed by atoms with Gasteiger partial charge in [-0.1, -0.05) is 53.7 Å². The fraction of sp³-hybridized carbons (Fsp3) is 0.375. The van der Waals surface area contributed by atoms with Gasteiger partial charge in [0.2, 0.25) is 11.7 Å². The second-order valence-corrected chi connectivity index (χ2v) is 8.19. The number of nitrogens with zero attached hydrogens (tertiary/aromatic N) is 4. The number of aliphatic hydroxyl groups excluding tert-OH is 1. The monoisotopic (exact) mass is 436 g/mol. The fourth-order valence-electron chi connectivity index (χ4n) is 4.19. The Morgan fingerprint density at radius 1 is 1.25 bits per heavy atom. The Hall–Kier alpha value is -3.23. The van der Waals surface area contributed by atoms with Gasteiger partial charge in [-0.3, -0.25) is 9.80 Å². The van der Waals surface area contributed by atoms with Crippen molar-refractivity contribution in [3.05, 3.63) is 71.6 Å². The van der Waals surface area contributed by atoms with Crippen LogP contribution < -0.4 is 0 Å². The summed E-state index contributed by atoms with van der Waals surface area (Å²) in [5.41, 5.74) is 2.73. The molecule has 2 aromatic carbocycles. The van der Waals surface area contributed by atoms with E-state index < -0.39 is 12.1 Å². The topological polar surface area (TPSA) is 103 Å². The van der Waals surface area contributed by atoms with E-state index in [0.29, 0.717) is 44.2 Å². The van der Waals surface area contributed by atoms with E-state index in [-0.39, 0.29) is 6.10 Å². The number of benzene rings is 2. The molecule has 0 radical (unpaired) electrons. The molecule has 32 heavy (non-hydrogen) atoms. The molecule has 2 N–H and O–H groups in total. The van der Waals surface area contributed by atoms with Gasteiger partial charge in [0.25, 0.3) is 0 Å². The summed E-state index contributed by atoms with van der Waals surface area (Å²) in [6.45, 7) is 3.90. The third kappa shape index (κ3) is 5.33. The zero-order valence-electron chi connectivity index (χ0n) is 18.1. The van der Waals surface area contributed by atoms with Gasteiger partial charge >= 0.3 is 6.09 Å². The van der Waals surface area contributed by atoms with Gasteiger partial charge in [0.15, 0.2) is 0 Å². The van der Waals surface area contributed by atoms with Crippen LogP contribution in [0, 0.1) is 6.92 Å². The molecule has 0 spiro atoms. The SMILES string of the molecule is Cc1nc(-c2cccc([C@@H](CN3CC[C@H](O)C3)N(CCc3ccccc3)C(=O)O)c2)no1. The minimum absolute atomic E-state index is 0.367. The van der Waals surface area contributed by atoms with Crippen LogP contribution in [0.25, 0.3) is 11.4 Å². The average Bonchev–Trinajstić information content (AvgIpc) is 3.41. The first-order chi connectivity index (χ1) is 15.5. The van der Waals surface area contributed by atoms with E-state index in [4.69, 9.17) is 4.52 Å². The van der Waals surface area contributed by atoms with Crippen LogP contribution in [0.2, 0.25) is 0 Å². The second kappa shape index (κ2) is 9.93. The van der Waals surface area contributed by atoms with E-state index in [1.165, 1.54) is 4.90 Å². The van der Waals surface area contributed by atoms with Crippen LogP contribution in [0.4, 0.5) is 4.79 Å². The maximum Gasteiger partial charge on any atom is 0.407 e. The van der Waals surface area contributed by atoms with E-state index in [1.54, 1.807) is 6.92 Å². The van der Waals surface area contributed by atoms with Crippen LogP contribution in [0.15, 0.2) is 59.1 Å². The third-order valence-electron chi connectivity index (χ3n) is 5.84. The quantitative estimate of drug-likeness (QED) is 0.558. The maximum absolute atomic E-state index is 12.4. The Labute approximate surface area is 187 Å². The summed E-state index contributed by atoms with van der Waals surface area (Å²) in [6, 6.07) is 17.1. The summed E-state index contributed by atoms with van der Waals surface area (Å²) < 4.78 is 5.11. The van der Waals surface area contributed by atoms with Crippen molar-refractivity contribution in [2.45, 2.75) is 31.9 Å². The number of β-amino-alcohol motifs (C(OH)–C–C–N with tert-alkyl or cyclic N) is 1. The Balaban J connectivity index is 1.63. The largest absolute Gasteiger partial charge is 0.465 e. The molecular weight excluding hydrogens is 408 g/mol. The first-order valence-corrected chi connectivity index (χ1v) is 10.8. The third-order valence-corrected chi connectivity index (χ3v) is 5.84. The van der Waals surface area contributed by atoms with E-state index in [2.05, 4.69) is 15.0 Å². The molecule has 8 nitrogen and oxygen atoms in total. The summed E-state index contributed by atoms with van der Waals surface area (Å²) in [5, 5.41) is 24.1. The van der Waals surface area contributed by atoms with Crippen molar-refractivity contribution in [1.29, 1.82) is 0 Å². The predicted octanol–water partition coefficient (Wildman–Crippen LogP) is 3.38. The summed E-state index contributed by atoms with van der Waals surface area (Å²) in [7, 11) is 0. The lowest BCUT2D eigenvalue weighted by atomic mass is 10.0. The van der Waals surface area contributed by atoms with E-state index in [0.717, 1.165) is 23.2 Å². The Bertz CT molecular complexity index is 1040. The van der Waals surface area contributed by atoms with Gasteiger partial charge in [-0.15, -0.1) is 0 Å². The number of hydrogen-bond donors (Lipinski definition) is 2. The molecule has 1 saturated heterocycles. The fourth-order valence-corrected chi connectivity index (χ4v) is 4.19. The van der Waals surface area contributed by atoms with E-state index in [1.807, 2.05) is 54.6 Å². The number of aryl methyl sites for hydroxylation is 1. The summed E-state index contributed by atoms with van der Waals surface area (Å²) >= 11 is 0. The molecule has 2 atom stereocenters. The highest BCUT2D eigenvalue weighted by Crippen LogP contribution is 2.28. The van der Waals surface area contributed by atoms with Crippen LogP contribution in [0.3, 0.4) is 0 Å². The number of amides is 1. The first kappa shape index (κ1) is 22.0. The first-order valence-electron chi connectivity index (χ1n) is 10.8. The lowest BCUT2D eigenvalue weighted by Gasteiger charge is -2.33. The van der Waals surface area contributed by atoms with Crippen molar-refractivity contribution in [3.63, 3.8) is 0 Å². The van der Waals surface area contributed by atoms with Gasteiger partial charge in [-0.05, 0) is 30.0 Å². The molecule has 3 aromatic rings. The minimum atomic E-state index is -0.966. The molecule has 1 aliphatic heterocycles. The van der Waals surface area contributed by atoms with E-state index >= 15 is 0 Å². The Morgan fingerprint density at radius 2 is 2.06 bits per heavy atom. The molecule has 1 aliphatic rings. The zero-order chi connectivity index (χ0) is 22.5. The number of carbonyl (C=O) groups is 1. The number of rotatable bonds is 8. The molecule has 0 aliphatic carbocycles. The predicted molar refractivity (Wildman–Crippen MR) is 119 cm³/mol. The Kier molecular flexibility index (Phi) is 6.82. The van der Waals surface area contributed by atoms with E-state index in [9.17, 15) is 15.0 Å². The normalized spacial score (nSPS) is 17.4. The van der Waals surface area contributed by atoms with Crippen molar-refractivity contribution in [1.82, 2.24) is 19.9 Å². The molecule has 8 heteroatoms. The van der Waals surface area contributed by atoms with Crippen molar-refractivity contribution in [2.24, 2.45) is 0 Å². The van der Waals surface area contributed by atoms with Crippen molar-refractivity contribution in [2.75, 3.05) is 26.2 Å². The molecule has 0 unspecified atom stereocenters. The number of aromatic nitrogens is 2. The summed E-state index contributed by atoms with van der Waals surface area (Å²) in [4.78, 5) is 20.3. The van der Waals surface area contributed by atoms with Gasteiger partial charge in [-0.2, -0.15) is 4.98 Å². The smallest absolute Gasteiger partial charge is 0.407 e. The maximum atomic E-state index is 12.4. The van der Waals surface area contributed by atoms with Crippen molar-refractivity contribution < 1.29 is 19.5 Å². The lowest BCUT2D eigenvalue weighted by Crippen LogP contribution is -2.41. The highest BCUT2D eigenvalue weighted by molar-refractivity contribution is 5.66. The van der Waals surface area contributed by atoms with Gasteiger partial charge in [0, 0.05) is 38.7 Å². The highest BCUT2D eigenvalue weighted by Gasteiger charge is 2.30. The van der Waals surface area contributed by atoms with Crippen LogP contribution >= 0.6 is 0 Å².